The largest absolute Gasteiger partial charge is 0.401 e. The van der Waals surface area contributed by atoms with Gasteiger partial charge in [0, 0.05) is 57.3 Å². The Morgan fingerprint density at radius 1 is 1.21 bits per heavy atom. The number of rotatable bonds is 8. The van der Waals surface area contributed by atoms with Crippen molar-refractivity contribution in [3.63, 3.8) is 0 Å². The summed E-state index contributed by atoms with van der Waals surface area (Å²) in [6.07, 6.45) is -2.80. The van der Waals surface area contributed by atoms with Crippen LogP contribution < -0.4 is 4.90 Å². The number of alkyl halides is 3. The molecule has 2 aliphatic heterocycles. The molecule has 12 heteroatoms. The van der Waals surface area contributed by atoms with E-state index in [-0.39, 0.29) is 11.3 Å². The smallest absolute Gasteiger partial charge is 0.383 e. The molecule has 0 spiro atoms. The summed E-state index contributed by atoms with van der Waals surface area (Å²) in [5.41, 5.74) is 0.835. The van der Waals surface area contributed by atoms with E-state index in [0.717, 1.165) is 53.6 Å². The zero-order valence-corrected chi connectivity index (χ0v) is 20.2. The predicted molar refractivity (Wildman–Crippen MR) is 123 cm³/mol. The van der Waals surface area contributed by atoms with Gasteiger partial charge in [0.15, 0.2) is 5.82 Å². The molecule has 0 atom stereocenters. The third-order valence-corrected chi connectivity index (χ3v) is 7.38. The molecule has 0 saturated carbocycles. The summed E-state index contributed by atoms with van der Waals surface area (Å²) in [7, 11) is 1.52. The topological polar surface area (TPSA) is 54.0 Å². The van der Waals surface area contributed by atoms with Gasteiger partial charge in [-0.05, 0) is 30.5 Å². The van der Waals surface area contributed by atoms with E-state index in [1.807, 2.05) is 0 Å². The summed E-state index contributed by atoms with van der Waals surface area (Å²) in [5, 5.41) is 0.231. The van der Waals surface area contributed by atoms with Crippen LogP contribution in [0.3, 0.4) is 0 Å². The number of hydrogen-bond donors (Lipinski definition) is 0. The maximum Gasteiger partial charge on any atom is 0.401 e. The van der Waals surface area contributed by atoms with Crippen LogP contribution in [0.15, 0.2) is 6.07 Å². The first-order valence-corrected chi connectivity index (χ1v) is 12.3. The highest BCUT2D eigenvalue weighted by molar-refractivity contribution is 7.19. The maximum absolute atomic E-state index is 13.0. The van der Waals surface area contributed by atoms with Crippen molar-refractivity contribution < 1.29 is 22.6 Å². The van der Waals surface area contributed by atoms with Gasteiger partial charge in [0.25, 0.3) is 0 Å². The van der Waals surface area contributed by atoms with E-state index in [2.05, 4.69) is 25.8 Å². The van der Waals surface area contributed by atoms with Crippen LogP contribution in [0.2, 0.25) is 5.28 Å². The predicted octanol–water partition coefficient (Wildman–Crippen LogP) is 3.66. The lowest BCUT2D eigenvalue weighted by atomic mass is 10.0. The minimum atomic E-state index is -4.21. The maximum atomic E-state index is 13.0. The molecule has 0 bridgehead atoms. The van der Waals surface area contributed by atoms with Crippen molar-refractivity contribution in [1.29, 1.82) is 0 Å². The van der Waals surface area contributed by atoms with Gasteiger partial charge in [-0.25, -0.2) is 4.98 Å². The van der Waals surface area contributed by atoms with Crippen molar-refractivity contribution in [2.45, 2.75) is 31.6 Å². The van der Waals surface area contributed by atoms with Crippen molar-refractivity contribution >= 4 is 39.0 Å². The molecular weight excluding hydrogens is 479 g/mol. The molecule has 0 radical (unpaired) electrons. The van der Waals surface area contributed by atoms with Crippen LogP contribution >= 0.6 is 22.9 Å². The second-order valence-electron chi connectivity index (χ2n) is 8.43. The van der Waals surface area contributed by atoms with E-state index in [9.17, 15) is 13.2 Å². The van der Waals surface area contributed by atoms with Gasteiger partial charge in [0.05, 0.1) is 36.6 Å². The second kappa shape index (κ2) is 11.0. The molecule has 2 fully saturated rings. The molecule has 33 heavy (non-hydrogen) atoms. The van der Waals surface area contributed by atoms with Crippen molar-refractivity contribution in [2.24, 2.45) is 0 Å². The summed E-state index contributed by atoms with van der Waals surface area (Å²) in [6, 6.07) is 1.97. The molecule has 2 aromatic rings. The van der Waals surface area contributed by atoms with Gasteiger partial charge in [-0.2, -0.15) is 18.2 Å². The summed E-state index contributed by atoms with van der Waals surface area (Å²) >= 11 is 7.85. The summed E-state index contributed by atoms with van der Waals surface area (Å²) in [6.45, 7) is 4.80. The number of thiophene rings is 1. The fourth-order valence-electron chi connectivity index (χ4n) is 4.50. The number of piperidine rings is 1. The van der Waals surface area contributed by atoms with Gasteiger partial charge >= 0.3 is 6.18 Å². The highest BCUT2D eigenvalue weighted by Gasteiger charge is 2.35. The minimum absolute atomic E-state index is 0.0852. The van der Waals surface area contributed by atoms with Gasteiger partial charge in [-0.15, -0.1) is 11.3 Å². The van der Waals surface area contributed by atoms with Crippen LogP contribution in [-0.2, 0) is 16.0 Å². The van der Waals surface area contributed by atoms with Crippen LogP contribution in [-0.4, -0.2) is 98.2 Å². The number of fused-ring (bicyclic) bond motifs is 1. The number of aromatic nitrogens is 2. The van der Waals surface area contributed by atoms with Crippen LogP contribution in [0.25, 0.3) is 10.2 Å². The van der Waals surface area contributed by atoms with E-state index in [4.69, 9.17) is 21.1 Å². The number of hydrogen-bond acceptors (Lipinski definition) is 8. The van der Waals surface area contributed by atoms with Gasteiger partial charge in [0.2, 0.25) is 5.28 Å². The van der Waals surface area contributed by atoms with E-state index in [1.54, 1.807) is 11.3 Å². The first kappa shape index (κ1) is 24.9. The van der Waals surface area contributed by atoms with Gasteiger partial charge < -0.3 is 14.4 Å². The third kappa shape index (κ3) is 6.67. The molecule has 7 nitrogen and oxygen atoms in total. The fraction of sp³-hybridized carbons (Fsp3) is 0.714. The SMILES string of the molecule is COCCN(CC(F)(F)F)C1CCN(Cc2cc3nc(Cl)nc(N4CCOCC4)c3s2)CC1. The monoisotopic (exact) mass is 507 g/mol. The molecule has 4 heterocycles. The highest BCUT2D eigenvalue weighted by Crippen LogP contribution is 2.34. The Bertz CT molecular complexity index is 917. The van der Waals surface area contributed by atoms with Gasteiger partial charge in [-0.3, -0.25) is 9.80 Å². The van der Waals surface area contributed by atoms with Crippen molar-refractivity contribution in [3.8, 4) is 0 Å². The molecule has 2 aliphatic rings. The molecular formula is C21H29ClF3N5O2S. The Balaban J connectivity index is 1.40. The second-order valence-corrected chi connectivity index (χ2v) is 9.90. The summed E-state index contributed by atoms with van der Waals surface area (Å²) < 4.78 is 50.6. The summed E-state index contributed by atoms with van der Waals surface area (Å²) in [4.78, 5) is 16.0. The molecule has 184 valence electrons. The van der Waals surface area contributed by atoms with E-state index >= 15 is 0 Å². The number of methoxy groups -OCH3 is 1. The van der Waals surface area contributed by atoms with E-state index < -0.39 is 12.7 Å². The molecule has 2 saturated heterocycles. The Labute approximate surface area is 200 Å². The van der Waals surface area contributed by atoms with Crippen molar-refractivity contribution in [3.05, 3.63) is 16.2 Å². The van der Waals surface area contributed by atoms with Crippen LogP contribution in [0.1, 0.15) is 17.7 Å². The Hall–Kier alpha value is -1.24. The van der Waals surface area contributed by atoms with Crippen LogP contribution in [0, 0.1) is 0 Å². The number of nitrogens with zero attached hydrogens (tertiary/aromatic N) is 5. The minimum Gasteiger partial charge on any atom is -0.383 e. The standard InChI is InChI=1S/C21H29ClF3N5O2S/c1-31-9-6-30(14-21(23,24)25)15-2-4-28(5-3-15)13-16-12-17-18(33-16)19(27-20(22)26-17)29-7-10-32-11-8-29/h12,15H,2-11,13-14H2,1H3. The summed E-state index contributed by atoms with van der Waals surface area (Å²) in [5.74, 6) is 0.851. The number of halogens is 4. The quantitative estimate of drug-likeness (QED) is 0.505. The lowest BCUT2D eigenvalue weighted by Gasteiger charge is -2.38. The van der Waals surface area contributed by atoms with Crippen molar-refractivity contribution in [2.75, 3.05) is 71.1 Å². The molecule has 2 aromatic heterocycles. The Morgan fingerprint density at radius 3 is 2.61 bits per heavy atom. The van der Waals surface area contributed by atoms with Crippen molar-refractivity contribution in [1.82, 2.24) is 19.8 Å². The first-order chi connectivity index (χ1) is 15.8. The van der Waals surface area contributed by atoms with E-state index in [0.29, 0.717) is 39.2 Å². The molecule has 0 amide bonds. The molecule has 4 rings (SSSR count). The molecule has 0 unspecified atom stereocenters. The lowest BCUT2D eigenvalue weighted by Crippen LogP contribution is -2.48. The Kier molecular flexibility index (Phi) is 8.29. The number of likely N-dealkylation sites (tertiary alicyclic amines) is 1. The van der Waals surface area contributed by atoms with Gasteiger partial charge in [-0.1, -0.05) is 0 Å². The zero-order chi connectivity index (χ0) is 23.4. The lowest BCUT2D eigenvalue weighted by molar-refractivity contribution is -0.154. The Morgan fingerprint density at radius 2 is 1.94 bits per heavy atom. The third-order valence-electron chi connectivity index (χ3n) is 6.11. The molecule has 0 N–H and O–H groups in total. The van der Waals surface area contributed by atoms with Crippen LogP contribution in [0.4, 0.5) is 19.0 Å². The number of anilines is 1. The average Bonchev–Trinajstić information content (AvgIpc) is 3.18. The molecule has 0 aromatic carbocycles. The molecule has 0 aliphatic carbocycles. The van der Waals surface area contributed by atoms with Crippen LogP contribution in [0.5, 0.6) is 0 Å². The van der Waals surface area contributed by atoms with E-state index in [1.165, 1.54) is 12.0 Å². The highest BCUT2D eigenvalue weighted by atomic mass is 35.5. The fourth-order valence-corrected chi connectivity index (χ4v) is 5.82. The normalized spacial score (nSPS) is 19.2. The van der Waals surface area contributed by atoms with Gasteiger partial charge in [0.1, 0.15) is 0 Å². The zero-order valence-electron chi connectivity index (χ0n) is 18.6. The number of ether oxygens (including phenoxy) is 2. The first-order valence-electron chi connectivity index (χ1n) is 11.1. The average molecular weight is 508 g/mol. The number of morpholine rings is 1.